The Morgan fingerprint density at radius 1 is 1.54 bits per heavy atom. The zero-order chi connectivity index (χ0) is 18.9. The minimum atomic E-state index is -0.657. The van der Waals surface area contributed by atoms with Gasteiger partial charge in [0.1, 0.15) is 11.4 Å². The summed E-state index contributed by atoms with van der Waals surface area (Å²) < 4.78 is 0. The summed E-state index contributed by atoms with van der Waals surface area (Å²) >= 11 is 0. The number of nitrogens with two attached hydrogens (primary N) is 1. The number of aliphatic imine (C=N–C) groups is 1. The third kappa shape index (κ3) is 3.41. The molecule has 2 aliphatic rings. The second kappa shape index (κ2) is 6.57. The number of carbonyl (C=O) groups excluding carboxylic acids is 1. The van der Waals surface area contributed by atoms with Gasteiger partial charge in [-0.15, -0.1) is 6.42 Å². The maximum atomic E-state index is 12.3. The Hall–Kier alpha value is -3.25. The van der Waals surface area contributed by atoms with Gasteiger partial charge in [0.05, 0.1) is 18.3 Å². The number of amidine groups is 1. The minimum absolute atomic E-state index is 0.0304. The molecular formula is C20H21N5O. The Balaban J connectivity index is 1.75. The molecule has 1 heterocycles. The van der Waals surface area contributed by atoms with Crippen molar-refractivity contribution >= 4 is 23.1 Å². The number of hydrogen-bond donors (Lipinski definition) is 2. The van der Waals surface area contributed by atoms with Crippen molar-refractivity contribution in [1.29, 1.82) is 5.26 Å². The van der Waals surface area contributed by atoms with E-state index in [1.165, 1.54) is 0 Å². The molecule has 1 aromatic rings. The zero-order valence-corrected chi connectivity index (χ0v) is 14.9. The maximum Gasteiger partial charge on any atom is 0.240 e. The molecule has 6 nitrogen and oxygen atoms in total. The molecule has 0 spiro atoms. The number of amides is 1. The number of benzene rings is 1. The molecule has 0 saturated heterocycles. The first-order valence-corrected chi connectivity index (χ1v) is 8.50. The van der Waals surface area contributed by atoms with Gasteiger partial charge < -0.3 is 16.0 Å². The molecule has 1 aliphatic heterocycles. The van der Waals surface area contributed by atoms with Crippen molar-refractivity contribution in [2.24, 2.45) is 4.99 Å². The highest BCUT2D eigenvalue weighted by Gasteiger charge is 2.44. The second-order valence-corrected chi connectivity index (χ2v) is 6.77. The van der Waals surface area contributed by atoms with Crippen molar-refractivity contribution in [3.8, 4) is 18.4 Å². The number of anilines is 1. The Bertz CT molecular complexity index is 896. The average Bonchev–Trinajstić information content (AvgIpc) is 3.37. The van der Waals surface area contributed by atoms with E-state index < -0.39 is 5.54 Å². The number of nitrogen functional groups attached to an aromatic ring is 1. The van der Waals surface area contributed by atoms with Crippen LogP contribution in [0, 0.1) is 23.7 Å². The number of nitrogens with one attached hydrogen (secondary N) is 1. The lowest BCUT2D eigenvalue weighted by molar-refractivity contribution is -0.122. The number of hydrogen-bond acceptors (Lipinski definition) is 5. The van der Waals surface area contributed by atoms with Gasteiger partial charge in [-0.3, -0.25) is 4.79 Å². The topological polar surface area (TPSA) is 94.5 Å². The Kier molecular flexibility index (Phi) is 4.44. The normalized spacial score (nSPS) is 20.3. The van der Waals surface area contributed by atoms with E-state index in [1.54, 1.807) is 6.07 Å². The van der Waals surface area contributed by atoms with Gasteiger partial charge in [-0.2, -0.15) is 5.26 Å². The fourth-order valence-corrected chi connectivity index (χ4v) is 3.03. The van der Waals surface area contributed by atoms with Crippen molar-refractivity contribution in [3.63, 3.8) is 0 Å². The summed E-state index contributed by atoms with van der Waals surface area (Å²) in [5.74, 6) is 3.12. The van der Waals surface area contributed by atoms with Crippen molar-refractivity contribution < 1.29 is 4.79 Å². The molecule has 3 rings (SSSR count). The van der Waals surface area contributed by atoms with Gasteiger partial charge in [0.15, 0.2) is 0 Å². The highest BCUT2D eigenvalue weighted by Crippen LogP contribution is 2.34. The molecule has 132 valence electrons. The van der Waals surface area contributed by atoms with Crippen LogP contribution in [0.2, 0.25) is 0 Å². The van der Waals surface area contributed by atoms with Crippen LogP contribution in [-0.2, 0) is 4.79 Å². The first kappa shape index (κ1) is 17.6. The maximum absolute atomic E-state index is 12.3. The summed E-state index contributed by atoms with van der Waals surface area (Å²) in [5, 5.41) is 11.9. The fraction of sp³-hybridized carbons (Fsp3) is 0.350. The largest absolute Gasteiger partial charge is 0.398 e. The van der Waals surface area contributed by atoms with Gasteiger partial charge in [-0.25, -0.2) is 4.99 Å². The van der Waals surface area contributed by atoms with Crippen LogP contribution in [0.1, 0.15) is 37.8 Å². The number of terminal acetylenes is 1. The minimum Gasteiger partial charge on any atom is -0.398 e. The molecule has 26 heavy (non-hydrogen) atoms. The molecule has 1 aliphatic carbocycles. The predicted octanol–water partition coefficient (Wildman–Crippen LogP) is 1.89. The quantitative estimate of drug-likeness (QED) is 0.642. The molecule has 1 amide bonds. The SMILES string of the molecule is C#Cc1ccc(C2=CC(C)N(CC(=O)NC3(C#N)CC3)C(C)=N2)c(N)c1. The van der Waals surface area contributed by atoms with Gasteiger partial charge in [0.25, 0.3) is 0 Å². The summed E-state index contributed by atoms with van der Waals surface area (Å²) in [6, 6.07) is 7.59. The van der Waals surface area contributed by atoms with E-state index in [0.29, 0.717) is 5.69 Å². The first-order chi connectivity index (χ1) is 12.4. The zero-order valence-electron chi connectivity index (χ0n) is 14.9. The van der Waals surface area contributed by atoms with Crippen LogP contribution in [0.4, 0.5) is 5.69 Å². The molecule has 0 bridgehead atoms. The van der Waals surface area contributed by atoms with Crippen LogP contribution in [0.3, 0.4) is 0 Å². The molecule has 1 aromatic carbocycles. The van der Waals surface area contributed by atoms with E-state index in [4.69, 9.17) is 17.4 Å². The molecule has 6 heteroatoms. The van der Waals surface area contributed by atoms with Gasteiger partial charge >= 0.3 is 0 Å². The third-order valence-electron chi connectivity index (χ3n) is 4.74. The molecule has 0 radical (unpaired) electrons. The molecule has 1 saturated carbocycles. The molecule has 1 atom stereocenters. The summed E-state index contributed by atoms with van der Waals surface area (Å²) in [6.07, 6.45) is 8.81. The van der Waals surface area contributed by atoms with E-state index in [0.717, 1.165) is 35.5 Å². The lowest BCUT2D eigenvalue weighted by atomic mass is 10.0. The van der Waals surface area contributed by atoms with E-state index in [9.17, 15) is 4.79 Å². The van der Waals surface area contributed by atoms with Crippen LogP contribution in [0.15, 0.2) is 29.3 Å². The van der Waals surface area contributed by atoms with Crippen LogP contribution >= 0.6 is 0 Å². The van der Waals surface area contributed by atoms with Crippen molar-refractivity contribution in [2.75, 3.05) is 12.3 Å². The summed E-state index contributed by atoms with van der Waals surface area (Å²) in [6.45, 7) is 4.02. The predicted molar refractivity (Wildman–Crippen MR) is 102 cm³/mol. The lowest BCUT2D eigenvalue weighted by Crippen LogP contribution is -2.47. The molecule has 1 fully saturated rings. The second-order valence-electron chi connectivity index (χ2n) is 6.77. The fourth-order valence-electron chi connectivity index (χ4n) is 3.03. The van der Waals surface area contributed by atoms with Crippen molar-refractivity contribution in [2.45, 2.75) is 38.3 Å². The Labute approximate surface area is 153 Å². The number of nitriles is 1. The van der Waals surface area contributed by atoms with Crippen LogP contribution in [-0.4, -0.2) is 34.8 Å². The van der Waals surface area contributed by atoms with Gasteiger partial charge in [0.2, 0.25) is 5.91 Å². The Morgan fingerprint density at radius 3 is 2.81 bits per heavy atom. The third-order valence-corrected chi connectivity index (χ3v) is 4.74. The smallest absolute Gasteiger partial charge is 0.240 e. The molecule has 3 N–H and O–H groups in total. The first-order valence-electron chi connectivity index (χ1n) is 8.50. The summed E-state index contributed by atoms with van der Waals surface area (Å²) in [4.78, 5) is 18.8. The van der Waals surface area contributed by atoms with E-state index in [-0.39, 0.29) is 18.5 Å². The number of rotatable bonds is 4. The van der Waals surface area contributed by atoms with Gasteiger partial charge in [-0.05, 0) is 51.0 Å². The lowest BCUT2D eigenvalue weighted by Gasteiger charge is -2.32. The molecule has 0 aromatic heterocycles. The van der Waals surface area contributed by atoms with Gasteiger partial charge in [0, 0.05) is 22.9 Å². The monoisotopic (exact) mass is 347 g/mol. The standard InChI is InChI=1S/C20H21N5O/c1-4-15-5-6-16(17(22)10-15)18-9-13(2)25(14(3)23-18)11-19(26)24-20(12-21)7-8-20/h1,5-6,9-10,13H,7-8,11,22H2,2-3H3,(H,24,26). The highest BCUT2D eigenvalue weighted by atomic mass is 16.2. The molecule has 1 unspecified atom stereocenters. The number of carbonyl (C=O) groups is 1. The summed E-state index contributed by atoms with van der Waals surface area (Å²) in [5.41, 5.74) is 8.34. The van der Waals surface area contributed by atoms with Crippen LogP contribution < -0.4 is 11.1 Å². The highest BCUT2D eigenvalue weighted by molar-refractivity contribution is 5.93. The Morgan fingerprint density at radius 2 is 2.27 bits per heavy atom. The van der Waals surface area contributed by atoms with E-state index in [1.807, 2.05) is 37.0 Å². The number of nitrogens with zero attached hydrogens (tertiary/aromatic N) is 3. The average molecular weight is 347 g/mol. The molecular weight excluding hydrogens is 326 g/mol. The van der Waals surface area contributed by atoms with Crippen LogP contribution in [0.5, 0.6) is 0 Å². The van der Waals surface area contributed by atoms with Crippen LogP contribution in [0.25, 0.3) is 5.70 Å². The van der Waals surface area contributed by atoms with Gasteiger partial charge in [-0.1, -0.05) is 5.92 Å². The summed E-state index contributed by atoms with van der Waals surface area (Å²) in [7, 11) is 0. The van der Waals surface area contributed by atoms with E-state index >= 15 is 0 Å². The van der Waals surface area contributed by atoms with Crippen molar-refractivity contribution in [3.05, 3.63) is 35.4 Å². The van der Waals surface area contributed by atoms with E-state index in [2.05, 4.69) is 22.3 Å². The van der Waals surface area contributed by atoms with Crippen molar-refractivity contribution in [1.82, 2.24) is 10.2 Å².